The highest BCUT2D eigenvalue weighted by molar-refractivity contribution is 5.62. The molecule has 116 valence electrons. The average molecular weight is 305 g/mol. The van der Waals surface area contributed by atoms with Gasteiger partial charge in [-0.3, -0.25) is 0 Å². The number of aromatic nitrogens is 3. The molecule has 1 aromatic heterocycles. The van der Waals surface area contributed by atoms with Gasteiger partial charge in [0.1, 0.15) is 0 Å². The predicted octanol–water partition coefficient (Wildman–Crippen LogP) is 4.48. The van der Waals surface area contributed by atoms with Crippen molar-refractivity contribution in [3.05, 3.63) is 66.4 Å². The molecule has 0 aliphatic rings. The summed E-state index contributed by atoms with van der Waals surface area (Å²) in [5.74, 6) is 1.55. The second-order valence-corrected chi connectivity index (χ2v) is 5.52. The van der Waals surface area contributed by atoms with E-state index in [-0.39, 0.29) is 0 Å². The van der Waals surface area contributed by atoms with Crippen molar-refractivity contribution in [2.24, 2.45) is 0 Å². The van der Waals surface area contributed by atoms with E-state index in [9.17, 15) is 0 Å². The number of nitrogens with zero attached hydrogens (tertiary/aromatic N) is 3. The monoisotopic (exact) mass is 305 g/mol. The van der Waals surface area contributed by atoms with Gasteiger partial charge in [-0.15, -0.1) is 5.10 Å². The lowest BCUT2D eigenvalue weighted by molar-refractivity contribution is 0.868. The number of benzene rings is 2. The lowest BCUT2D eigenvalue weighted by Gasteiger charge is -2.14. The summed E-state index contributed by atoms with van der Waals surface area (Å²) in [5, 5.41) is 14.5. The molecule has 0 spiro atoms. The van der Waals surface area contributed by atoms with Crippen LogP contribution in [0.25, 0.3) is 0 Å². The Hall–Kier alpha value is -2.95. The van der Waals surface area contributed by atoms with Gasteiger partial charge in [-0.05, 0) is 29.7 Å². The summed E-state index contributed by atoms with van der Waals surface area (Å²) in [7, 11) is 0. The molecule has 3 aromatic rings. The Morgan fingerprint density at radius 3 is 2.39 bits per heavy atom. The maximum Gasteiger partial charge on any atom is 0.249 e. The van der Waals surface area contributed by atoms with E-state index in [4.69, 9.17) is 0 Å². The molecule has 5 nitrogen and oxygen atoms in total. The van der Waals surface area contributed by atoms with Gasteiger partial charge in [0.15, 0.2) is 5.82 Å². The molecular weight excluding hydrogens is 286 g/mol. The van der Waals surface area contributed by atoms with E-state index in [1.165, 1.54) is 5.56 Å². The van der Waals surface area contributed by atoms with E-state index >= 15 is 0 Å². The van der Waals surface area contributed by atoms with Crippen LogP contribution in [0.4, 0.5) is 23.1 Å². The number of hydrogen-bond donors (Lipinski definition) is 2. The maximum atomic E-state index is 4.47. The third-order valence-corrected chi connectivity index (χ3v) is 3.43. The van der Waals surface area contributed by atoms with Crippen molar-refractivity contribution in [3.8, 4) is 0 Å². The SMILES string of the molecule is CC(C)c1ccccc1Nc1cnnc(Nc2ccccc2)n1. The molecule has 2 aromatic carbocycles. The van der Waals surface area contributed by atoms with Crippen LogP contribution in [0.2, 0.25) is 0 Å². The van der Waals surface area contributed by atoms with Crippen molar-refractivity contribution in [2.75, 3.05) is 10.6 Å². The molecule has 1 heterocycles. The molecule has 0 saturated heterocycles. The molecule has 0 amide bonds. The van der Waals surface area contributed by atoms with E-state index < -0.39 is 0 Å². The molecule has 5 heteroatoms. The molecular formula is C18H19N5. The standard InChI is InChI=1S/C18H19N5/c1-13(2)15-10-6-7-11-16(15)21-17-12-19-23-18(22-17)20-14-8-4-3-5-9-14/h3-13H,1-2H3,(H2,20,21,22,23). The Labute approximate surface area is 135 Å². The first kappa shape index (κ1) is 15.0. The van der Waals surface area contributed by atoms with E-state index in [2.05, 4.69) is 45.7 Å². The van der Waals surface area contributed by atoms with Crippen LogP contribution >= 0.6 is 0 Å². The lowest BCUT2D eigenvalue weighted by atomic mass is 10.0. The first-order valence-electron chi connectivity index (χ1n) is 7.60. The zero-order valence-corrected chi connectivity index (χ0v) is 13.2. The number of hydrogen-bond acceptors (Lipinski definition) is 5. The number of para-hydroxylation sites is 2. The molecule has 0 atom stereocenters. The largest absolute Gasteiger partial charge is 0.339 e. The number of nitrogens with one attached hydrogen (secondary N) is 2. The lowest BCUT2D eigenvalue weighted by Crippen LogP contribution is -2.04. The molecule has 0 aliphatic carbocycles. The summed E-state index contributed by atoms with van der Waals surface area (Å²) in [6, 6.07) is 18.0. The zero-order valence-electron chi connectivity index (χ0n) is 13.2. The molecule has 2 N–H and O–H groups in total. The molecule has 0 bridgehead atoms. The molecule has 0 saturated carbocycles. The number of anilines is 4. The minimum atomic E-state index is 0.426. The summed E-state index contributed by atoms with van der Waals surface area (Å²) in [6.45, 7) is 4.34. The zero-order chi connectivity index (χ0) is 16.1. The molecule has 0 unspecified atom stereocenters. The van der Waals surface area contributed by atoms with Gasteiger partial charge in [-0.1, -0.05) is 50.2 Å². The smallest absolute Gasteiger partial charge is 0.249 e. The third-order valence-electron chi connectivity index (χ3n) is 3.43. The quantitative estimate of drug-likeness (QED) is 0.727. The van der Waals surface area contributed by atoms with Crippen molar-refractivity contribution < 1.29 is 0 Å². The highest BCUT2D eigenvalue weighted by atomic mass is 15.3. The Balaban J connectivity index is 1.81. The van der Waals surface area contributed by atoms with E-state index in [0.717, 1.165) is 11.4 Å². The Morgan fingerprint density at radius 1 is 0.870 bits per heavy atom. The van der Waals surface area contributed by atoms with E-state index in [0.29, 0.717) is 17.7 Å². The van der Waals surface area contributed by atoms with Gasteiger partial charge in [-0.2, -0.15) is 10.1 Å². The highest BCUT2D eigenvalue weighted by Gasteiger charge is 2.07. The topological polar surface area (TPSA) is 62.7 Å². The van der Waals surface area contributed by atoms with Crippen LogP contribution in [-0.4, -0.2) is 15.2 Å². The van der Waals surface area contributed by atoms with Gasteiger partial charge >= 0.3 is 0 Å². The van der Waals surface area contributed by atoms with Crippen molar-refractivity contribution in [1.29, 1.82) is 0 Å². The minimum absolute atomic E-state index is 0.426. The molecule has 0 radical (unpaired) electrons. The maximum absolute atomic E-state index is 4.47. The van der Waals surface area contributed by atoms with Crippen LogP contribution in [0.3, 0.4) is 0 Å². The van der Waals surface area contributed by atoms with Gasteiger partial charge < -0.3 is 10.6 Å². The van der Waals surface area contributed by atoms with Crippen LogP contribution in [0.1, 0.15) is 25.3 Å². The van der Waals surface area contributed by atoms with Gasteiger partial charge in [0.05, 0.1) is 6.20 Å². The molecule has 0 aliphatic heterocycles. The second kappa shape index (κ2) is 6.87. The fourth-order valence-corrected chi connectivity index (χ4v) is 2.32. The number of rotatable bonds is 5. The first-order valence-corrected chi connectivity index (χ1v) is 7.60. The fourth-order valence-electron chi connectivity index (χ4n) is 2.32. The van der Waals surface area contributed by atoms with E-state index in [1.54, 1.807) is 6.20 Å². The van der Waals surface area contributed by atoms with Crippen molar-refractivity contribution in [3.63, 3.8) is 0 Å². The third kappa shape index (κ3) is 3.83. The highest BCUT2D eigenvalue weighted by Crippen LogP contribution is 2.26. The van der Waals surface area contributed by atoms with Crippen molar-refractivity contribution >= 4 is 23.1 Å². The van der Waals surface area contributed by atoms with E-state index in [1.807, 2.05) is 48.5 Å². The Bertz CT molecular complexity index is 771. The Morgan fingerprint density at radius 2 is 1.61 bits per heavy atom. The predicted molar refractivity (Wildman–Crippen MR) is 93.4 cm³/mol. The molecule has 3 rings (SSSR count). The van der Waals surface area contributed by atoms with Crippen LogP contribution in [-0.2, 0) is 0 Å². The van der Waals surface area contributed by atoms with Gasteiger partial charge in [-0.25, -0.2) is 0 Å². The van der Waals surface area contributed by atoms with Crippen LogP contribution < -0.4 is 10.6 Å². The second-order valence-electron chi connectivity index (χ2n) is 5.52. The van der Waals surface area contributed by atoms with Gasteiger partial charge in [0.25, 0.3) is 0 Å². The normalized spacial score (nSPS) is 10.6. The van der Waals surface area contributed by atoms with Crippen molar-refractivity contribution in [2.45, 2.75) is 19.8 Å². The van der Waals surface area contributed by atoms with Gasteiger partial charge in [0, 0.05) is 11.4 Å². The summed E-state index contributed by atoms with van der Waals surface area (Å²) >= 11 is 0. The van der Waals surface area contributed by atoms with Gasteiger partial charge in [0.2, 0.25) is 5.95 Å². The van der Waals surface area contributed by atoms with Crippen LogP contribution in [0.5, 0.6) is 0 Å². The molecule has 23 heavy (non-hydrogen) atoms. The Kier molecular flexibility index (Phi) is 4.47. The minimum Gasteiger partial charge on any atom is -0.339 e. The van der Waals surface area contributed by atoms with Crippen LogP contribution in [0, 0.1) is 0 Å². The molecule has 0 fully saturated rings. The summed E-state index contributed by atoms with van der Waals surface area (Å²) in [5.41, 5.74) is 3.20. The summed E-state index contributed by atoms with van der Waals surface area (Å²) in [4.78, 5) is 4.47. The first-order chi connectivity index (χ1) is 11.2. The summed E-state index contributed by atoms with van der Waals surface area (Å²) < 4.78 is 0. The summed E-state index contributed by atoms with van der Waals surface area (Å²) in [6.07, 6.45) is 1.62. The van der Waals surface area contributed by atoms with Crippen LogP contribution in [0.15, 0.2) is 60.8 Å². The fraction of sp³-hybridized carbons (Fsp3) is 0.167. The van der Waals surface area contributed by atoms with Crippen molar-refractivity contribution in [1.82, 2.24) is 15.2 Å². The average Bonchev–Trinajstić information content (AvgIpc) is 2.56.